The number of Topliss-reactive ketones (excluding diaryl/α,β-unsaturated/α-hetero) is 1. The number of benzene rings is 1. The van der Waals surface area contributed by atoms with Gasteiger partial charge in [-0.15, -0.1) is 0 Å². The zero-order valence-corrected chi connectivity index (χ0v) is 22.6. The number of carbonyl (C=O) groups excluding carboxylic acids is 1. The monoisotopic (exact) mass is 466 g/mol. The number of hydrogen-bond acceptors (Lipinski definition) is 2. The van der Waals surface area contributed by atoms with Crippen LogP contribution in [0.4, 0.5) is 0 Å². The fourth-order valence-corrected chi connectivity index (χ4v) is 6.83. The quantitative estimate of drug-likeness (QED) is 0.257. The second-order valence-electron chi connectivity index (χ2n) is 11.2. The molecule has 0 amide bonds. The third-order valence-electron chi connectivity index (χ3n) is 6.56. The second kappa shape index (κ2) is 11.6. The summed E-state index contributed by atoms with van der Waals surface area (Å²) in [5, 5.41) is 0. The van der Waals surface area contributed by atoms with E-state index in [9.17, 15) is 4.79 Å². The predicted octanol–water partition coefficient (Wildman–Crippen LogP) is 7.16. The highest BCUT2D eigenvalue weighted by molar-refractivity contribution is 6.69. The van der Waals surface area contributed by atoms with E-state index in [0.717, 1.165) is 24.8 Å². The van der Waals surface area contributed by atoms with Crippen molar-refractivity contribution < 1.29 is 13.8 Å². The van der Waals surface area contributed by atoms with Gasteiger partial charge in [0.15, 0.2) is 20.2 Å². The third kappa shape index (κ3) is 7.89. The first-order valence-electron chi connectivity index (χ1n) is 13.0. The van der Waals surface area contributed by atoms with Gasteiger partial charge in [0.25, 0.3) is 0 Å². The van der Waals surface area contributed by atoms with Gasteiger partial charge in [-0.2, -0.15) is 4.57 Å². The average Bonchev–Trinajstić information content (AvgIpc) is 2.74. The normalized spacial score (nSPS) is 16.4. The molecule has 0 fully saturated rings. The van der Waals surface area contributed by atoms with Crippen molar-refractivity contribution in [2.45, 2.75) is 110 Å². The Kier molecular flexibility index (Phi) is 9.06. The van der Waals surface area contributed by atoms with Gasteiger partial charge in [0.2, 0.25) is 12.3 Å². The number of carbonyl (C=O) groups is 1. The molecule has 4 rings (SSSR count). The van der Waals surface area contributed by atoms with E-state index in [1.54, 1.807) is 0 Å². The van der Waals surface area contributed by atoms with Crippen LogP contribution < -0.4 is 4.57 Å². The Bertz CT molecular complexity index is 915. The van der Waals surface area contributed by atoms with Gasteiger partial charge in [0, 0.05) is 23.1 Å². The zero-order chi connectivity index (χ0) is 23.9. The summed E-state index contributed by atoms with van der Waals surface area (Å²) in [5.74, 6) is 0.176. The zero-order valence-electron chi connectivity index (χ0n) is 21.6. The number of hydrogen-bond donors (Lipinski definition) is 0. The number of fused-ring (bicyclic) bond motifs is 11. The average molecular weight is 467 g/mol. The van der Waals surface area contributed by atoms with E-state index in [2.05, 4.69) is 50.3 Å². The lowest BCUT2D eigenvalue weighted by Gasteiger charge is -2.34. The van der Waals surface area contributed by atoms with E-state index >= 15 is 0 Å². The summed E-state index contributed by atoms with van der Waals surface area (Å²) in [4.78, 5) is 13.2. The van der Waals surface area contributed by atoms with E-state index in [0.29, 0.717) is 6.54 Å². The second-order valence-corrected chi connectivity index (χ2v) is 15.6. The van der Waals surface area contributed by atoms with Gasteiger partial charge in [0.05, 0.1) is 5.60 Å². The van der Waals surface area contributed by atoms with E-state index in [1.165, 1.54) is 61.8 Å². The molecule has 2 aliphatic rings. The Morgan fingerprint density at radius 2 is 1.48 bits per heavy atom. The number of pyridine rings is 1. The maximum absolute atomic E-state index is 13.2. The van der Waals surface area contributed by atoms with Gasteiger partial charge < -0.3 is 4.43 Å². The SMILES string of the molecule is CC(C)(O[Si](C)(C)C)c1cc2c[n+](CC(=O)c3ccccc3)c1CCCCCCCCCC2. The van der Waals surface area contributed by atoms with E-state index < -0.39 is 8.32 Å². The van der Waals surface area contributed by atoms with Crippen LogP contribution in [0.3, 0.4) is 0 Å². The first kappa shape index (κ1) is 25.8. The molecular weight excluding hydrogens is 422 g/mol. The van der Waals surface area contributed by atoms with Gasteiger partial charge >= 0.3 is 0 Å². The first-order chi connectivity index (χ1) is 15.7. The Hall–Kier alpha value is -1.78. The smallest absolute Gasteiger partial charge is 0.227 e. The van der Waals surface area contributed by atoms with Crippen molar-refractivity contribution in [2.75, 3.05) is 0 Å². The molecule has 1 aliphatic heterocycles. The summed E-state index contributed by atoms with van der Waals surface area (Å²) >= 11 is 0. The summed E-state index contributed by atoms with van der Waals surface area (Å²) in [6, 6.07) is 12.1. The minimum atomic E-state index is -1.75. The molecule has 180 valence electrons. The van der Waals surface area contributed by atoms with Crippen molar-refractivity contribution in [1.29, 1.82) is 0 Å². The number of rotatable bonds is 6. The molecule has 0 N–H and O–H groups in total. The van der Waals surface area contributed by atoms with Crippen LogP contribution >= 0.6 is 0 Å². The van der Waals surface area contributed by atoms with E-state index in [1.807, 2.05) is 30.3 Å². The first-order valence-corrected chi connectivity index (χ1v) is 16.4. The van der Waals surface area contributed by atoms with Crippen LogP contribution in [0.2, 0.25) is 19.6 Å². The molecule has 1 aromatic heterocycles. The number of nitrogens with zero attached hydrogens (tertiary/aromatic N) is 1. The van der Waals surface area contributed by atoms with Crippen molar-refractivity contribution in [3.8, 4) is 0 Å². The van der Waals surface area contributed by atoms with Crippen molar-refractivity contribution in [2.24, 2.45) is 0 Å². The molecular formula is C29H44NO2Si+. The molecule has 33 heavy (non-hydrogen) atoms. The molecule has 0 spiro atoms. The van der Waals surface area contributed by atoms with E-state index in [-0.39, 0.29) is 11.4 Å². The fraction of sp³-hybridized carbons (Fsp3) is 0.586. The lowest BCUT2D eigenvalue weighted by Crippen LogP contribution is -2.46. The lowest BCUT2D eigenvalue weighted by molar-refractivity contribution is -0.691. The van der Waals surface area contributed by atoms with Gasteiger partial charge in [-0.25, -0.2) is 0 Å². The predicted molar refractivity (Wildman–Crippen MR) is 139 cm³/mol. The number of aryl methyl sites for hydroxylation is 1. The molecule has 1 aromatic carbocycles. The van der Waals surface area contributed by atoms with Crippen LogP contribution in [0.15, 0.2) is 42.6 Å². The molecule has 0 radical (unpaired) electrons. The highest BCUT2D eigenvalue weighted by Crippen LogP contribution is 2.32. The number of ketones is 1. The largest absolute Gasteiger partial charge is 0.408 e. The molecule has 2 aromatic rings. The van der Waals surface area contributed by atoms with Crippen LogP contribution in [0.25, 0.3) is 0 Å². The van der Waals surface area contributed by atoms with Gasteiger partial charge in [0.1, 0.15) is 0 Å². The molecule has 2 heterocycles. The van der Waals surface area contributed by atoms with Gasteiger partial charge in [-0.05, 0) is 58.8 Å². The third-order valence-corrected chi connectivity index (χ3v) is 7.68. The molecule has 2 bridgehead atoms. The Labute approximate surface area is 202 Å². The summed E-state index contributed by atoms with van der Waals surface area (Å²) in [6.45, 7) is 11.6. The van der Waals surface area contributed by atoms with Crippen LogP contribution in [0.5, 0.6) is 0 Å². The van der Waals surface area contributed by atoms with Gasteiger partial charge in [-0.3, -0.25) is 4.79 Å². The van der Waals surface area contributed by atoms with Crippen molar-refractivity contribution in [3.05, 3.63) is 65.0 Å². The minimum absolute atomic E-state index is 0.176. The lowest BCUT2D eigenvalue weighted by atomic mass is 9.90. The topological polar surface area (TPSA) is 30.2 Å². The maximum Gasteiger partial charge on any atom is 0.227 e. The molecule has 0 saturated carbocycles. The van der Waals surface area contributed by atoms with Crippen LogP contribution in [0, 0.1) is 0 Å². The molecule has 0 atom stereocenters. The number of aromatic nitrogens is 1. The Morgan fingerprint density at radius 1 is 0.909 bits per heavy atom. The van der Waals surface area contributed by atoms with E-state index in [4.69, 9.17) is 4.43 Å². The summed E-state index contributed by atoms with van der Waals surface area (Å²) in [7, 11) is -1.75. The summed E-state index contributed by atoms with van der Waals surface area (Å²) in [5.41, 5.74) is 4.31. The van der Waals surface area contributed by atoms with Crippen LogP contribution in [-0.4, -0.2) is 14.1 Å². The summed E-state index contributed by atoms with van der Waals surface area (Å²) < 4.78 is 9.00. The van der Waals surface area contributed by atoms with Crippen molar-refractivity contribution in [1.82, 2.24) is 0 Å². The molecule has 1 aliphatic carbocycles. The molecule has 3 nitrogen and oxygen atoms in total. The Balaban J connectivity index is 2.05. The highest BCUT2D eigenvalue weighted by atomic mass is 28.4. The van der Waals surface area contributed by atoms with Crippen LogP contribution in [-0.2, 0) is 29.4 Å². The fourth-order valence-electron chi connectivity index (χ4n) is 5.19. The summed E-state index contributed by atoms with van der Waals surface area (Å²) in [6.07, 6.45) is 14.6. The molecule has 0 unspecified atom stereocenters. The van der Waals surface area contributed by atoms with Crippen LogP contribution in [0.1, 0.15) is 92.4 Å². The minimum Gasteiger partial charge on any atom is -0.408 e. The maximum atomic E-state index is 13.2. The molecule has 4 heteroatoms. The van der Waals surface area contributed by atoms with Crippen molar-refractivity contribution in [3.63, 3.8) is 0 Å². The van der Waals surface area contributed by atoms with Crippen molar-refractivity contribution >= 4 is 14.1 Å². The Morgan fingerprint density at radius 3 is 2.09 bits per heavy atom. The molecule has 0 saturated heterocycles. The van der Waals surface area contributed by atoms with Gasteiger partial charge in [-0.1, -0.05) is 68.9 Å². The highest BCUT2D eigenvalue weighted by Gasteiger charge is 2.35. The standard InChI is InChI=1S/C29H44NO2Si/c1-29(2,32-33(3,4)5)26-21-24-17-13-10-8-6-7-9-11-16-20-27(26)30(22-24)23-28(31)25-18-14-12-15-19-25/h12,14-15,18-19,21-22H,6-11,13,16-17,20,23H2,1-5H3/q+1.